The number of carbonyl (C=O) groups is 2. The van der Waals surface area contributed by atoms with Crippen LogP contribution in [0.5, 0.6) is 0 Å². The molecule has 1 heterocycles. The zero-order chi connectivity index (χ0) is 21.6. The molecule has 0 saturated heterocycles. The predicted octanol–water partition coefficient (Wildman–Crippen LogP) is 5.09. The van der Waals surface area contributed by atoms with E-state index in [0.717, 1.165) is 41.5 Å². The van der Waals surface area contributed by atoms with E-state index in [4.69, 9.17) is 5.73 Å². The van der Waals surface area contributed by atoms with Gasteiger partial charge < -0.3 is 16.0 Å². The summed E-state index contributed by atoms with van der Waals surface area (Å²) < 4.78 is 0. The number of rotatable bonds is 8. The maximum absolute atomic E-state index is 12.8. The Hall–Kier alpha value is -3.60. The predicted molar refractivity (Wildman–Crippen MR) is 125 cm³/mol. The molecule has 0 aliphatic carbocycles. The second-order valence-corrected chi connectivity index (χ2v) is 7.87. The van der Waals surface area contributed by atoms with E-state index in [0.29, 0.717) is 30.9 Å². The number of nitrogens with zero attached hydrogens (tertiary/aromatic N) is 1. The van der Waals surface area contributed by atoms with Gasteiger partial charge in [-0.2, -0.15) is 0 Å². The molecule has 5 heteroatoms. The molecule has 3 aromatic rings. The number of benzene rings is 3. The van der Waals surface area contributed by atoms with Gasteiger partial charge in [-0.05, 0) is 47.7 Å². The van der Waals surface area contributed by atoms with Crippen molar-refractivity contribution in [3.05, 3.63) is 83.9 Å². The quantitative estimate of drug-likeness (QED) is 0.399. The SMILES string of the molecule is Nc1ccccc1NC(=O)CCCCCN1Cc2c(cccc2-c2ccccc2)C1=O. The zero-order valence-electron chi connectivity index (χ0n) is 17.5. The highest BCUT2D eigenvalue weighted by Crippen LogP contribution is 2.32. The standard InChI is InChI=1S/C26H27N3O2/c27-23-14-6-7-15-24(23)28-25(30)16-5-2-8-17-29-18-22-20(19-10-3-1-4-11-19)12-9-13-21(22)26(29)31/h1,3-4,6-7,9-15H,2,5,8,16-18,27H2,(H,28,30). The molecule has 1 aliphatic heterocycles. The Bertz CT molecular complexity index is 1080. The number of nitrogens with one attached hydrogen (secondary N) is 1. The minimum absolute atomic E-state index is 0.0324. The molecule has 2 amide bonds. The maximum Gasteiger partial charge on any atom is 0.254 e. The van der Waals surface area contributed by atoms with Crippen molar-refractivity contribution >= 4 is 23.2 Å². The topological polar surface area (TPSA) is 75.4 Å². The van der Waals surface area contributed by atoms with Gasteiger partial charge in [0.05, 0.1) is 11.4 Å². The second-order valence-electron chi connectivity index (χ2n) is 7.87. The number of amides is 2. The number of para-hydroxylation sites is 2. The van der Waals surface area contributed by atoms with Crippen LogP contribution >= 0.6 is 0 Å². The molecule has 0 spiro atoms. The van der Waals surface area contributed by atoms with Crippen molar-refractivity contribution in [2.24, 2.45) is 0 Å². The third-order valence-electron chi connectivity index (χ3n) is 5.69. The van der Waals surface area contributed by atoms with Crippen molar-refractivity contribution in [1.29, 1.82) is 0 Å². The number of anilines is 2. The summed E-state index contributed by atoms with van der Waals surface area (Å²) in [5, 5.41) is 2.85. The summed E-state index contributed by atoms with van der Waals surface area (Å²) in [6.07, 6.45) is 2.99. The Kier molecular flexibility index (Phi) is 6.32. The molecule has 0 radical (unpaired) electrons. The summed E-state index contributed by atoms with van der Waals surface area (Å²) in [6.45, 7) is 1.35. The molecule has 0 aromatic heterocycles. The van der Waals surface area contributed by atoms with Gasteiger partial charge in [-0.3, -0.25) is 9.59 Å². The lowest BCUT2D eigenvalue weighted by molar-refractivity contribution is -0.116. The van der Waals surface area contributed by atoms with Crippen LogP contribution in [0.3, 0.4) is 0 Å². The Labute approximate surface area is 182 Å². The van der Waals surface area contributed by atoms with E-state index >= 15 is 0 Å². The molecule has 0 atom stereocenters. The summed E-state index contributed by atoms with van der Waals surface area (Å²) in [7, 11) is 0. The van der Waals surface area contributed by atoms with Crippen LogP contribution in [0.25, 0.3) is 11.1 Å². The van der Waals surface area contributed by atoms with Crippen molar-refractivity contribution in [1.82, 2.24) is 4.90 Å². The fraction of sp³-hybridized carbons (Fsp3) is 0.231. The van der Waals surface area contributed by atoms with Gasteiger partial charge in [0.15, 0.2) is 0 Å². The van der Waals surface area contributed by atoms with Crippen molar-refractivity contribution in [2.45, 2.75) is 32.2 Å². The van der Waals surface area contributed by atoms with Gasteiger partial charge in [-0.15, -0.1) is 0 Å². The van der Waals surface area contributed by atoms with E-state index in [9.17, 15) is 9.59 Å². The first-order valence-corrected chi connectivity index (χ1v) is 10.7. The van der Waals surface area contributed by atoms with Crippen LogP contribution in [0.4, 0.5) is 11.4 Å². The normalized spacial score (nSPS) is 12.6. The van der Waals surface area contributed by atoms with Gasteiger partial charge in [0.1, 0.15) is 0 Å². The molecule has 4 rings (SSSR count). The van der Waals surface area contributed by atoms with Crippen molar-refractivity contribution in [3.8, 4) is 11.1 Å². The lowest BCUT2D eigenvalue weighted by Crippen LogP contribution is -2.25. The molecular formula is C26H27N3O2. The summed E-state index contributed by atoms with van der Waals surface area (Å²) in [6, 6.07) is 23.4. The van der Waals surface area contributed by atoms with Gasteiger partial charge in [-0.25, -0.2) is 0 Å². The first kappa shape index (κ1) is 20.7. The lowest BCUT2D eigenvalue weighted by atomic mass is 9.97. The number of nitrogen functional groups attached to an aromatic ring is 1. The van der Waals surface area contributed by atoms with Crippen LogP contribution in [-0.2, 0) is 11.3 Å². The number of fused-ring (bicyclic) bond motifs is 1. The van der Waals surface area contributed by atoms with Crippen LogP contribution in [0.1, 0.15) is 41.6 Å². The average Bonchev–Trinajstić information content (AvgIpc) is 3.11. The first-order valence-electron chi connectivity index (χ1n) is 10.7. The van der Waals surface area contributed by atoms with Gasteiger partial charge in [0.2, 0.25) is 5.91 Å². The van der Waals surface area contributed by atoms with Gasteiger partial charge in [0.25, 0.3) is 5.91 Å². The molecule has 31 heavy (non-hydrogen) atoms. The summed E-state index contributed by atoms with van der Waals surface area (Å²) in [4.78, 5) is 26.9. The lowest BCUT2D eigenvalue weighted by Gasteiger charge is -2.15. The van der Waals surface area contributed by atoms with Crippen LogP contribution < -0.4 is 11.1 Å². The van der Waals surface area contributed by atoms with Crippen LogP contribution in [0.2, 0.25) is 0 Å². The van der Waals surface area contributed by atoms with E-state index < -0.39 is 0 Å². The summed E-state index contributed by atoms with van der Waals surface area (Å²) in [5.41, 5.74) is 11.3. The largest absolute Gasteiger partial charge is 0.397 e. The van der Waals surface area contributed by atoms with Crippen molar-refractivity contribution in [2.75, 3.05) is 17.6 Å². The smallest absolute Gasteiger partial charge is 0.254 e. The van der Waals surface area contributed by atoms with E-state index in [-0.39, 0.29) is 11.8 Å². The molecule has 3 N–H and O–H groups in total. The Morgan fingerprint density at radius 1 is 0.871 bits per heavy atom. The minimum Gasteiger partial charge on any atom is -0.397 e. The molecule has 0 bridgehead atoms. The second kappa shape index (κ2) is 9.47. The number of carbonyl (C=O) groups excluding carboxylic acids is 2. The highest BCUT2D eigenvalue weighted by molar-refractivity contribution is 6.00. The molecule has 0 saturated carbocycles. The zero-order valence-corrected chi connectivity index (χ0v) is 17.5. The minimum atomic E-state index is -0.0324. The van der Waals surface area contributed by atoms with Crippen molar-refractivity contribution < 1.29 is 9.59 Å². The Morgan fingerprint density at radius 2 is 1.61 bits per heavy atom. The number of hydrogen-bond donors (Lipinski definition) is 2. The van der Waals surface area contributed by atoms with E-state index in [1.54, 1.807) is 12.1 Å². The van der Waals surface area contributed by atoms with E-state index in [1.165, 1.54) is 0 Å². The molecule has 158 valence electrons. The fourth-order valence-corrected chi connectivity index (χ4v) is 4.05. The van der Waals surface area contributed by atoms with Gasteiger partial charge in [0, 0.05) is 25.1 Å². The molecular weight excluding hydrogens is 386 g/mol. The molecule has 3 aromatic carbocycles. The van der Waals surface area contributed by atoms with Gasteiger partial charge in [-0.1, -0.05) is 61.0 Å². The first-order chi connectivity index (χ1) is 15.1. The summed E-state index contributed by atoms with van der Waals surface area (Å²) in [5.74, 6) is 0.0696. The monoisotopic (exact) mass is 413 g/mol. The number of unbranched alkanes of at least 4 members (excludes halogenated alkanes) is 2. The number of hydrogen-bond acceptors (Lipinski definition) is 3. The van der Waals surface area contributed by atoms with Crippen molar-refractivity contribution in [3.63, 3.8) is 0 Å². The van der Waals surface area contributed by atoms with Crippen LogP contribution in [0, 0.1) is 0 Å². The fourth-order valence-electron chi connectivity index (χ4n) is 4.05. The molecule has 5 nitrogen and oxygen atoms in total. The maximum atomic E-state index is 12.8. The average molecular weight is 414 g/mol. The highest BCUT2D eigenvalue weighted by Gasteiger charge is 2.28. The van der Waals surface area contributed by atoms with E-state index in [1.807, 2.05) is 47.4 Å². The third-order valence-corrected chi connectivity index (χ3v) is 5.69. The highest BCUT2D eigenvalue weighted by atomic mass is 16.2. The Balaban J connectivity index is 1.26. The third kappa shape index (κ3) is 4.77. The van der Waals surface area contributed by atoms with E-state index in [2.05, 4.69) is 23.5 Å². The van der Waals surface area contributed by atoms with Crippen LogP contribution in [-0.4, -0.2) is 23.3 Å². The Morgan fingerprint density at radius 3 is 2.42 bits per heavy atom. The number of nitrogens with two attached hydrogens (primary N) is 1. The van der Waals surface area contributed by atoms with Gasteiger partial charge >= 0.3 is 0 Å². The molecule has 0 unspecified atom stereocenters. The summed E-state index contributed by atoms with van der Waals surface area (Å²) >= 11 is 0. The van der Waals surface area contributed by atoms with Crippen LogP contribution in [0.15, 0.2) is 72.8 Å². The molecule has 1 aliphatic rings. The molecule has 0 fully saturated rings.